The lowest BCUT2D eigenvalue weighted by atomic mass is 10.2. The van der Waals surface area contributed by atoms with Crippen molar-refractivity contribution < 1.29 is 14.0 Å². The van der Waals surface area contributed by atoms with Gasteiger partial charge in [-0.2, -0.15) is 0 Å². The Morgan fingerprint density at radius 3 is 2.59 bits per heavy atom. The van der Waals surface area contributed by atoms with E-state index in [9.17, 15) is 9.59 Å². The van der Waals surface area contributed by atoms with E-state index in [4.69, 9.17) is 4.42 Å². The summed E-state index contributed by atoms with van der Waals surface area (Å²) in [6.07, 6.45) is 0.627. The fourth-order valence-electron chi connectivity index (χ4n) is 1.41. The smallest absolute Gasteiger partial charge is 0.251 e. The van der Waals surface area contributed by atoms with Crippen LogP contribution in [-0.4, -0.2) is 12.2 Å². The maximum Gasteiger partial charge on any atom is 0.251 e. The predicted molar refractivity (Wildman–Crippen MR) is 61.7 cm³/mol. The second-order valence-corrected chi connectivity index (χ2v) is 3.47. The van der Waals surface area contributed by atoms with Gasteiger partial charge in [0.15, 0.2) is 12.0 Å². The Morgan fingerprint density at radius 1 is 1.18 bits per heavy atom. The van der Waals surface area contributed by atoms with E-state index in [1.165, 1.54) is 0 Å². The molecular weight excluding hydrogens is 218 g/mol. The number of hydrogen-bond acceptors (Lipinski definition) is 3. The number of benzene rings is 1. The van der Waals surface area contributed by atoms with Gasteiger partial charge in [0, 0.05) is 5.56 Å². The molecule has 0 radical (unpaired) electrons. The van der Waals surface area contributed by atoms with Crippen LogP contribution in [0, 0.1) is 0 Å². The lowest BCUT2D eigenvalue weighted by molar-refractivity contribution is 0.0948. The molecule has 0 bridgehead atoms. The molecule has 2 aromatic rings. The average molecular weight is 229 g/mol. The van der Waals surface area contributed by atoms with Crippen molar-refractivity contribution in [1.29, 1.82) is 0 Å². The first kappa shape index (κ1) is 11.1. The van der Waals surface area contributed by atoms with E-state index >= 15 is 0 Å². The molecule has 0 spiro atoms. The van der Waals surface area contributed by atoms with E-state index < -0.39 is 0 Å². The first-order valence-corrected chi connectivity index (χ1v) is 5.17. The molecule has 0 fully saturated rings. The molecule has 0 unspecified atom stereocenters. The van der Waals surface area contributed by atoms with Crippen molar-refractivity contribution in [2.45, 2.75) is 6.54 Å². The van der Waals surface area contributed by atoms with Gasteiger partial charge in [-0.3, -0.25) is 9.59 Å². The summed E-state index contributed by atoms with van der Waals surface area (Å²) in [5.41, 5.74) is 0.592. The summed E-state index contributed by atoms with van der Waals surface area (Å²) in [5, 5.41) is 2.70. The molecule has 2 rings (SSSR count). The molecule has 0 saturated carbocycles. The Balaban J connectivity index is 1.94. The van der Waals surface area contributed by atoms with Crippen LogP contribution < -0.4 is 5.32 Å². The summed E-state index contributed by atoms with van der Waals surface area (Å²) >= 11 is 0. The van der Waals surface area contributed by atoms with Gasteiger partial charge in [0.25, 0.3) is 5.91 Å². The highest BCUT2D eigenvalue weighted by molar-refractivity contribution is 5.94. The molecule has 17 heavy (non-hydrogen) atoms. The largest absolute Gasteiger partial charge is 0.456 e. The van der Waals surface area contributed by atoms with Crippen LogP contribution >= 0.6 is 0 Å². The number of furan rings is 1. The minimum Gasteiger partial charge on any atom is -0.456 e. The van der Waals surface area contributed by atoms with Crippen LogP contribution in [0.2, 0.25) is 0 Å². The van der Waals surface area contributed by atoms with Crippen molar-refractivity contribution in [3.8, 4) is 0 Å². The number of carbonyl (C=O) groups is 2. The summed E-state index contributed by atoms with van der Waals surface area (Å²) in [6, 6.07) is 12.1. The van der Waals surface area contributed by atoms with Crippen molar-refractivity contribution in [3.63, 3.8) is 0 Å². The number of hydrogen-bond donors (Lipinski definition) is 1. The third kappa shape index (κ3) is 2.81. The molecule has 1 N–H and O–H groups in total. The van der Waals surface area contributed by atoms with Gasteiger partial charge in [0.1, 0.15) is 5.76 Å². The summed E-state index contributed by atoms with van der Waals surface area (Å²) < 4.78 is 5.14. The quantitative estimate of drug-likeness (QED) is 0.816. The number of nitrogens with one attached hydrogen (secondary N) is 1. The molecule has 1 aromatic heterocycles. The van der Waals surface area contributed by atoms with E-state index in [1.54, 1.807) is 36.4 Å². The van der Waals surface area contributed by atoms with Crippen molar-refractivity contribution in [2.75, 3.05) is 0 Å². The first-order chi connectivity index (χ1) is 8.29. The lowest BCUT2D eigenvalue weighted by Crippen LogP contribution is -2.22. The fraction of sp³-hybridized carbons (Fsp3) is 0.0769. The third-order valence-corrected chi connectivity index (χ3v) is 2.26. The van der Waals surface area contributed by atoms with Crippen LogP contribution in [-0.2, 0) is 6.54 Å². The zero-order chi connectivity index (χ0) is 12.1. The summed E-state index contributed by atoms with van der Waals surface area (Å²) in [5.74, 6) is 0.639. The summed E-state index contributed by atoms with van der Waals surface area (Å²) in [6.45, 7) is 0.265. The molecule has 0 aliphatic rings. The van der Waals surface area contributed by atoms with Crippen LogP contribution in [0.25, 0.3) is 0 Å². The minimum atomic E-state index is -0.172. The molecule has 1 aromatic carbocycles. The van der Waals surface area contributed by atoms with Gasteiger partial charge < -0.3 is 9.73 Å². The fourth-order valence-corrected chi connectivity index (χ4v) is 1.41. The van der Waals surface area contributed by atoms with E-state index in [0.717, 1.165) is 0 Å². The van der Waals surface area contributed by atoms with Crippen molar-refractivity contribution in [1.82, 2.24) is 5.32 Å². The normalized spacial score (nSPS) is 9.88. The highest BCUT2D eigenvalue weighted by Gasteiger charge is 2.06. The van der Waals surface area contributed by atoms with Gasteiger partial charge in [-0.1, -0.05) is 18.2 Å². The zero-order valence-corrected chi connectivity index (χ0v) is 9.05. The second-order valence-electron chi connectivity index (χ2n) is 3.47. The van der Waals surface area contributed by atoms with Gasteiger partial charge in [-0.05, 0) is 24.3 Å². The van der Waals surface area contributed by atoms with Crippen LogP contribution in [0.15, 0.2) is 46.9 Å². The molecule has 1 amide bonds. The molecule has 0 aliphatic carbocycles. The van der Waals surface area contributed by atoms with Crippen LogP contribution in [0.1, 0.15) is 26.7 Å². The van der Waals surface area contributed by atoms with E-state index in [2.05, 4.69) is 5.32 Å². The number of carbonyl (C=O) groups excluding carboxylic acids is 2. The maximum absolute atomic E-state index is 11.7. The Morgan fingerprint density at radius 2 is 1.94 bits per heavy atom. The van der Waals surface area contributed by atoms with Gasteiger partial charge in [0.05, 0.1) is 6.54 Å². The Bertz CT molecular complexity index is 516. The second kappa shape index (κ2) is 5.12. The summed E-state index contributed by atoms with van der Waals surface area (Å²) in [7, 11) is 0. The monoisotopic (exact) mass is 229 g/mol. The molecule has 4 nitrogen and oxygen atoms in total. The SMILES string of the molecule is O=Cc1ccc(CNC(=O)c2ccccc2)o1. The van der Waals surface area contributed by atoms with Gasteiger partial charge in [0.2, 0.25) is 0 Å². The van der Waals surface area contributed by atoms with E-state index in [1.807, 2.05) is 6.07 Å². The molecule has 0 atom stereocenters. The minimum absolute atomic E-state index is 0.172. The Labute approximate surface area is 98.3 Å². The Hall–Kier alpha value is -2.36. The number of aldehydes is 1. The maximum atomic E-state index is 11.7. The zero-order valence-electron chi connectivity index (χ0n) is 9.05. The molecule has 0 saturated heterocycles. The van der Waals surface area contributed by atoms with Gasteiger partial charge in [-0.25, -0.2) is 0 Å². The first-order valence-electron chi connectivity index (χ1n) is 5.17. The Kier molecular flexibility index (Phi) is 3.35. The average Bonchev–Trinajstić information content (AvgIpc) is 2.85. The molecular formula is C13H11NO3. The van der Waals surface area contributed by atoms with Crippen molar-refractivity contribution in [2.24, 2.45) is 0 Å². The van der Waals surface area contributed by atoms with Gasteiger partial charge >= 0.3 is 0 Å². The van der Waals surface area contributed by atoms with E-state index in [-0.39, 0.29) is 18.2 Å². The molecule has 1 heterocycles. The molecule has 0 aliphatic heterocycles. The molecule has 86 valence electrons. The standard InChI is InChI=1S/C13H11NO3/c15-9-12-7-6-11(17-12)8-14-13(16)10-4-2-1-3-5-10/h1-7,9H,8H2,(H,14,16). The van der Waals surface area contributed by atoms with Gasteiger partial charge in [-0.15, -0.1) is 0 Å². The van der Waals surface area contributed by atoms with Crippen molar-refractivity contribution >= 4 is 12.2 Å². The van der Waals surface area contributed by atoms with Crippen LogP contribution in [0.4, 0.5) is 0 Å². The van der Waals surface area contributed by atoms with E-state index in [0.29, 0.717) is 17.6 Å². The predicted octanol–water partition coefficient (Wildman–Crippen LogP) is 2.02. The third-order valence-electron chi connectivity index (χ3n) is 2.26. The van der Waals surface area contributed by atoms with Crippen molar-refractivity contribution in [3.05, 3.63) is 59.5 Å². The number of rotatable bonds is 4. The lowest BCUT2D eigenvalue weighted by Gasteiger charge is -2.02. The number of amides is 1. The summed E-state index contributed by atoms with van der Waals surface area (Å²) in [4.78, 5) is 22.1. The highest BCUT2D eigenvalue weighted by atomic mass is 16.3. The molecule has 4 heteroatoms. The van der Waals surface area contributed by atoms with Crippen LogP contribution in [0.3, 0.4) is 0 Å². The highest BCUT2D eigenvalue weighted by Crippen LogP contribution is 2.05. The topological polar surface area (TPSA) is 59.3 Å². The van der Waals surface area contributed by atoms with Crippen LogP contribution in [0.5, 0.6) is 0 Å².